The number of carbonyl (C=O) groups excluding carboxylic acids is 1. The summed E-state index contributed by atoms with van der Waals surface area (Å²) in [5.74, 6) is 0.573. The van der Waals surface area contributed by atoms with Gasteiger partial charge in [-0.25, -0.2) is 4.79 Å². The molecule has 0 aliphatic carbocycles. The third kappa shape index (κ3) is 4.51. The Morgan fingerprint density at radius 1 is 0.760 bits per heavy atom. The van der Waals surface area contributed by atoms with E-state index in [1.807, 2.05) is 72.8 Å². The molecule has 0 aromatic heterocycles. The van der Waals surface area contributed by atoms with Crippen LogP contribution in [-0.4, -0.2) is 13.1 Å². The molecule has 0 aliphatic heterocycles. The average Bonchev–Trinajstić information content (AvgIpc) is 2.64. The molecule has 126 valence electrons. The molecule has 0 heterocycles. The molecule has 0 radical (unpaired) electrons. The zero-order chi connectivity index (χ0) is 17.5. The van der Waals surface area contributed by atoms with Crippen LogP contribution in [0.25, 0.3) is 0 Å². The number of hydrogen-bond donors (Lipinski definition) is 3. The fraction of sp³-hybridized carbons (Fsp3) is 0.0500. The predicted molar refractivity (Wildman–Crippen MR) is 102 cm³/mol. The van der Waals surface area contributed by atoms with Gasteiger partial charge in [-0.1, -0.05) is 36.4 Å². The lowest BCUT2D eigenvalue weighted by molar-refractivity contribution is 0.262. The first kappa shape index (κ1) is 16.4. The van der Waals surface area contributed by atoms with Gasteiger partial charge in [-0.3, -0.25) is 0 Å². The van der Waals surface area contributed by atoms with E-state index in [9.17, 15) is 4.79 Å². The number of carbonyl (C=O) groups is 1. The van der Waals surface area contributed by atoms with Crippen LogP contribution in [-0.2, 0) is 0 Å². The first-order chi connectivity index (χ1) is 12.2. The molecular formula is C20H19N3O2. The highest BCUT2D eigenvalue weighted by molar-refractivity contribution is 6.00. The van der Waals surface area contributed by atoms with E-state index in [1.165, 1.54) is 0 Å². The molecule has 0 unspecified atom stereocenters. The summed E-state index contributed by atoms with van der Waals surface area (Å²) in [5.41, 5.74) is 3.17. The summed E-state index contributed by atoms with van der Waals surface area (Å²) < 4.78 is 5.39. The standard InChI is InChI=1S/C20H19N3O2/c1-25-19-14-17(21-15-8-4-2-5-9-15)12-13-18(19)23-20(24)22-16-10-6-3-7-11-16/h2-14,21H,1H3,(H2,22,23,24). The molecule has 0 aliphatic rings. The quantitative estimate of drug-likeness (QED) is 0.610. The van der Waals surface area contributed by atoms with Gasteiger partial charge in [0.25, 0.3) is 0 Å². The molecule has 5 nitrogen and oxygen atoms in total. The molecule has 3 rings (SSSR count). The van der Waals surface area contributed by atoms with Gasteiger partial charge in [-0.15, -0.1) is 0 Å². The van der Waals surface area contributed by atoms with Crippen molar-refractivity contribution >= 4 is 28.8 Å². The van der Waals surface area contributed by atoms with Crippen LogP contribution < -0.4 is 20.7 Å². The summed E-state index contributed by atoms with van der Waals surface area (Å²) >= 11 is 0. The SMILES string of the molecule is COc1cc(Nc2ccccc2)ccc1NC(=O)Nc1ccccc1. The molecule has 0 saturated heterocycles. The highest BCUT2D eigenvalue weighted by Crippen LogP contribution is 2.29. The van der Waals surface area contributed by atoms with Crippen LogP contribution in [0.3, 0.4) is 0 Å². The summed E-state index contributed by atoms with van der Waals surface area (Å²) in [6, 6.07) is 24.3. The van der Waals surface area contributed by atoms with Crippen molar-refractivity contribution in [3.05, 3.63) is 78.9 Å². The fourth-order valence-corrected chi connectivity index (χ4v) is 2.37. The van der Waals surface area contributed by atoms with Gasteiger partial charge in [0.2, 0.25) is 0 Å². The van der Waals surface area contributed by atoms with Crippen molar-refractivity contribution in [2.75, 3.05) is 23.1 Å². The Morgan fingerprint density at radius 3 is 2.04 bits per heavy atom. The summed E-state index contributed by atoms with van der Waals surface area (Å²) in [5, 5.41) is 8.86. The van der Waals surface area contributed by atoms with Gasteiger partial charge in [0, 0.05) is 23.1 Å². The van der Waals surface area contributed by atoms with Gasteiger partial charge in [0.05, 0.1) is 12.8 Å². The van der Waals surface area contributed by atoms with Crippen molar-refractivity contribution in [1.29, 1.82) is 0 Å². The van der Waals surface area contributed by atoms with Gasteiger partial charge in [0.15, 0.2) is 0 Å². The Morgan fingerprint density at radius 2 is 1.40 bits per heavy atom. The number of benzene rings is 3. The van der Waals surface area contributed by atoms with E-state index in [0.29, 0.717) is 11.4 Å². The second-order valence-corrected chi connectivity index (χ2v) is 5.35. The molecule has 2 amide bonds. The highest BCUT2D eigenvalue weighted by Gasteiger charge is 2.09. The normalized spacial score (nSPS) is 9.96. The van der Waals surface area contributed by atoms with E-state index in [4.69, 9.17) is 4.74 Å². The zero-order valence-electron chi connectivity index (χ0n) is 13.8. The first-order valence-corrected chi connectivity index (χ1v) is 7.88. The summed E-state index contributed by atoms with van der Waals surface area (Å²) in [6.07, 6.45) is 0. The van der Waals surface area contributed by atoms with E-state index in [-0.39, 0.29) is 6.03 Å². The smallest absolute Gasteiger partial charge is 0.323 e. The predicted octanol–water partition coefficient (Wildman–Crippen LogP) is 5.08. The third-order valence-electron chi connectivity index (χ3n) is 3.54. The molecular weight excluding hydrogens is 314 g/mol. The van der Waals surface area contributed by atoms with E-state index in [2.05, 4.69) is 16.0 Å². The van der Waals surface area contributed by atoms with Crippen molar-refractivity contribution in [2.24, 2.45) is 0 Å². The number of hydrogen-bond acceptors (Lipinski definition) is 3. The maximum atomic E-state index is 12.1. The highest BCUT2D eigenvalue weighted by atomic mass is 16.5. The van der Waals surface area contributed by atoms with Crippen molar-refractivity contribution in [1.82, 2.24) is 0 Å². The Labute approximate surface area is 146 Å². The maximum Gasteiger partial charge on any atom is 0.323 e. The van der Waals surface area contributed by atoms with Crippen LogP contribution >= 0.6 is 0 Å². The maximum absolute atomic E-state index is 12.1. The molecule has 0 saturated carbocycles. The van der Waals surface area contributed by atoms with E-state index in [0.717, 1.165) is 17.1 Å². The monoisotopic (exact) mass is 333 g/mol. The second kappa shape index (κ2) is 7.88. The molecule has 0 bridgehead atoms. The lowest BCUT2D eigenvalue weighted by atomic mass is 10.2. The summed E-state index contributed by atoms with van der Waals surface area (Å²) in [7, 11) is 1.57. The minimum Gasteiger partial charge on any atom is -0.494 e. The van der Waals surface area contributed by atoms with Crippen molar-refractivity contribution in [2.45, 2.75) is 0 Å². The lowest BCUT2D eigenvalue weighted by Gasteiger charge is -2.13. The molecule has 5 heteroatoms. The molecule has 3 aromatic rings. The number of anilines is 4. The largest absolute Gasteiger partial charge is 0.494 e. The molecule has 3 aromatic carbocycles. The number of para-hydroxylation sites is 2. The van der Waals surface area contributed by atoms with Gasteiger partial charge in [-0.2, -0.15) is 0 Å². The van der Waals surface area contributed by atoms with Crippen LogP contribution in [0, 0.1) is 0 Å². The minimum absolute atomic E-state index is 0.326. The molecule has 0 atom stereocenters. The van der Waals surface area contributed by atoms with Crippen molar-refractivity contribution in [3.63, 3.8) is 0 Å². The second-order valence-electron chi connectivity index (χ2n) is 5.35. The van der Waals surface area contributed by atoms with Crippen LogP contribution in [0.4, 0.5) is 27.5 Å². The topological polar surface area (TPSA) is 62.4 Å². The Kier molecular flexibility index (Phi) is 5.16. The zero-order valence-corrected chi connectivity index (χ0v) is 13.8. The van der Waals surface area contributed by atoms with Crippen LogP contribution in [0.15, 0.2) is 78.9 Å². The van der Waals surface area contributed by atoms with Gasteiger partial charge < -0.3 is 20.7 Å². The van der Waals surface area contributed by atoms with Crippen LogP contribution in [0.1, 0.15) is 0 Å². The number of urea groups is 1. The van der Waals surface area contributed by atoms with E-state index < -0.39 is 0 Å². The van der Waals surface area contributed by atoms with Gasteiger partial charge in [-0.05, 0) is 36.4 Å². The Balaban J connectivity index is 1.70. The number of nitrogens with one attached hydrogen (secondary N) is 3. The van der Waals surface area contributed by atoms with E-state index >= 15 is 0 Å². The average molecular weight is 333 g/mol. The number of rotatable bonds is 5. The van der Waals surface area contributed by atoms with Gasteiger partial charge in [0.1, 0.15) is 5.75 Å². The number of ether oxygens (including phenoxy) is 1. The number of methoxy groups -OCH3 is 1. The molecule has 0 spiro atoms. The number of amides is 2. The van der Waals surface area contributed by atoms with Crippen molar-refractivity contribution in [3.8, 4) is 5.75 Å². The fourth-order valence-electron chi connectivity index (χ4n) is 2.37. The Hall–Kier alpha value is -3.47. The Bertz CT molecular complexity index is 836. The van der Waals surface area contributed by atoms with E-state index in [1.54, 1.807) is 13.2 Å². The van der Waals surface area contributed by atoms with Crippen LogP contribution in [0.2, 0.25) is 0 Å². The van der Waals surface area contributed by atoms with Crippen molar-refractivity contribution < 1.29 is 9.53 Å². The third-order valence-corrected chi connectivity index (χ3v) is 3.54. The minimum atomic E-state index is -0.326. The summed E-state index contributed by atoms with van der Waals surface area (Å²) in [6.45, 7) is 0. The lowest BCUT2D eigenvalue weighted by Crippen LogP contribution is -2.19. The summed E-state index contributed by atoms with van der Waals surface area (Å²) in [4.78, 5) is 12.1. The molecule has 0 fully saturated rings. The molecule has 25 heavy (non-hydrogen) atoms. The first-order valence-electron chi connectivity index (χ1n) is 7.88. The van der Waals surface area contributed by atoms with Crippen LogP contribution in [0.5, 0.6) is 5.75 Å². The molecule has 3 N–H and O–H groups in total. The van der Waals surface area contributed by atoms with Gasteiger partial charge >= 0.3 is 6.03 Å².